The first-order chi connectivity index (χ1) is 8.56. The van der Waals surface area contributed by atoms with Crippen LogP contribution in [0.3, 0.4) is 0 Å². The van der Waals surface area contributed by atoms with E-state index in [1.165, 1.54) is 26.2 Å². The van der Waals surface area contributed by atoms with E-state index in [2.05, 4.69) is 23.6 Å². The average Bonchev–Trinajstić information content (AvgIpc) is 2.19. The van der Waals surface area contributed by atoms with E-state index in [0.29, 0.717) is 6.04 Å². The number of carbonyl (C=O) groups is 1. The van der Waals surface area contributed by atoms with Gasteiger partial charge in [-0.15, -0.1) is 0 Å². The number of rotatable bonds is 4. The van der Waals surface area contributed by atoms with Crippen LogP contribution >= 0.6 is 0 Å². The summed E-state index contributed by atoms with van der Waals surface area (Å²) in [5, 5.41) is 6.40. The zero-order valence-corrected chi connectivity index (χ0v) is 11.4. The Kier molecular flexibility index (Phi) is 3.90. The Morgan fingerprint density at radius 2 is 2.11 bits per heavy atom. The van der Waals surface area contributed by atoms with Crippen molar-refractivity contribution < 1.29 is 4.79 Å². The van der Waals surface area contributed by atoms with Gasteiger partial charge in [-0.2, -0.15) is 0 Å². The smallest absolute Gasteiger partial charge is 0.221 e. The number of nitrogens with one attached hydrogen (secondary N) is 2. The fourth-order valence-corrected chi connectivity index (χ4v) is 2.36. The van der Waals surface area contributed by atoms with Crippen molar-refractivity contribution in [2.75, 3.05) is 10.6 Å². The second-order valence-corrected chi connectivity index (χ2v) is 5.33. The van der Waals surface area contributed by atoms with Gasteiger partial charge in [-0.05, 0) is 50.3 Å². The van der Waals surface area contributed by atoms with Crippen molar-refractivity contribution in [1.82, 2.24) is 0 Å². The Labute approximate surface area is 109 Å². The van der Waals surface area contributed by atoms with Gasteiger partial charge in [-0.3, -0.25) is 4.79 Å². The summed E-state index contributed by atoms with van der Waals surface area (Å²) in [4.78, 5) is 11.1. The number of benzene rings is 1. The molecule has 1 amide bonds. The molecular formula is C15H22N2O. The largest absolute Gasteiger partial charge is 0.382 e. The van der Waals surface area contributed by atoms with Gasteiger partial charge in [-0.25, -0.2) is 0 Å². The molecule has 1 aliphatic rings. The zero-order valence-electron chi connectivity index (χ0n) is 11.4. The van der Waals surface area contributed by atoms with E-state index in [-0.39, 0.29) is 5.91 Å². The highest BCUT2D eigenvalue weighted by Gasteiger charge is 2.23. The molecule has 0 aliphatic heterocycles. The van der Waals surface area contributed by atoms with Crippen molar-refractivity contribution in [2.45, 2.75) is 46.1 Å². The number of anilines is 2. The van der Waals surface area contributed by atoms with Crippen LogP contribution in [0.1, 0.15) is 38.7 Å². The molecule has 1 saturated carbocycles. The number of hydrogen-bond acceptors (Lipinski definition) is 2. The number of carbonyl (C=O) groups excluding carboxylic acids is 1. The Morgan fingerprint density at radius 3 is 2.67 bits per heavy atom. The zero-order chi connectivity index (χ0) is 13.1. The summed E-state index contributed by atoms with van der Waals surface area (Å²) in [5.41, 5.74) is 3.07. The van der Waals surface area contributed by atoms with Crippen LogP contribution in [0.25, 0.3) is 0 Å². The van der Waals surface area contributed by atoms with Gasteiger partial charge >= 0.3 is 0 Å². The van der Waals surface area contributed by atoms with Gasteiger partial charge in [-0.1, -0.05) is 12.5 Å². The summed E-state index contributed by atoms with van der Waals surface area (Å²) in [5.74, 6) is 0.776. The molecule has 0 heterocycles. The maximum atomic E-state index is 11.1. The van der Waals surface area contributed by atoms with E-state index in [9.17, 15) is 4.79 Å². The maximum Gasteiger partial charge on any atom is 0.221 e. The quantitative estimate of drug-likeness (QED) is 0.853. The molecule has 0 bridgehead atoms. The summed E-state index contributed by atoms with van der Waals surface area (Å²) in [7, 11) is 0. The molecule has 3 nitrogen and oxygen atoms in total. The highest BCUT2D eigenvalue weighted by atomic mass is 16.1. The van der Waals surface area contributed by atoms with Gasteiger partial charge < -0.3 is 10.6 Å². The molecule has 2 rings (SSSR count). The van der Waals surface area contributed by atoms with E-state index >= 15 is 0 Å². The predicted molar refractivity (Wildman–Crippen MR) is 75.9 cm³/mol. The monoisotopic (exact) mass is 246 g/mol. The van der Waals surface area contributed by atoms with E-state index < -0.39 is 0 Å². The second-order valence-electron chi connectivity index (χ2n) is 5.33. The van der Waals surface area contributed by atoms with Crippen LogP contribution in [0.4, 0.5) is 11.4 Å². The highest BCUT2D eigenvalue weighted by molar-refractivity contribution is 5.90. The van der Waals surface area contributed by atoms with Crippen molar-refractivity contribution in [3.05, 3.63) is 23.8 Å². The fraction of sp³-hybridized carbons (Fsp3) is 0.533. The molecule has 0 radical (unpaired) electrons. The van der Waals surface area contributed by atoms with E-state index in [1.807, 2.05) is 19.1 Å². The standard InChI is InChI=1S/C15H22N2O/c1-10-7-8-14(9-15(10)17-12(3)18)16-11(2)13-5-4-6-13/h7-9,11,13,16H,4-6H2,1-3H3,(H,17,18). The number of hydrogen-bond donors (Lipinski definition) is 2. The molecule has 3 heteroatoms. The Morgan fingerprint density at radius 1 is 1.39 bits per heavy atom. The van der Waals surface area contributed by atoms with Crippen molar-refractivity contribution in [3.8, 4) is 0 Å². The Hall–Kier alpha value is -1.51. The molecule has 0 spiro atoms. The molecule has 1 aromatic carbocycles. The minimum absolute atomic E-state index is 0.0257. The SMILES string of the molecule is CC(=O)Nc1cc(NC(C)C2CCC2)ccc1C. The molecular weight excluding hydrogens is 224 g/mol. The minimum atomic E-state index is -0.0257. The Balaban J connectivity index is 2.05. The lowest BCUT2D eigenvalue weighted by molar-refractivity contribution is -0.114. The average molecular weight is 246 g/mol. The molecule has 1 fully saturated rings. The summed E-state index contributed by atoms with van der Waals surface area (Å²) in [6.45, 7) is 5.78. The van der Waals surface area contributed by atoms with Crippen molar-refractivity contribution in [3.63, 3.8) is 0 Å². The van der Waals surface area contributed by atoms with E-state index in [4.69, 9.17) is 0 Å². The topological polar surface area (TPSA) is 41.1 Å². The van der Waals surface area contributed by atoms with Gasteiger partial charge in [0.2, 0.25) is 5.91 Å². The van der Waals surface area contributed by atoms with E-state index in [0.717, 1.165) is 22.9 Å². The van der Waals surface area contributed by atoms with Gasteiger partial charge in [0.1, 0.15) is 0 Å². The van der Waals surface area contributed by atoms with Crippen LogP contribution in [0.15, 0.2) is 18.2 Å². The van der Waals surface area contributed by atoms with Crippen molar-refractivity contribution in [2.24, 2.45) is 5.92 Å². The first kappa shape index (κ1) is 12.9. The molecule has 1 aliphatic carbocycles. The lowest BCUT2D eigenvalue weighted by Gasteiger charge is -2.32. The first-order valence-electron chi connectivity index (χ1n) is 6.71. The first-order valence-corrected chi connectivity index (χ1v) is 6.71. The summed E-state index contributed by atoms with van der Waals surface area (Å²) >= 11 is 0. The lowest BCUT2D eigenvalue weighted by Crippen LogP contribution is -2.30. The summed E-state index contributed by atoms with van der Waals surface area (Å²) < 4.78 is 0. The van der Waals surface area contributed by atoms with Crippen molar-refractivity contribution in [1.29, 1.82) is 0 Å². The van der Waals surface area contributed by atoms with E-state index in [1.54, 1.807) is 0 Å². The van der Waals surface area contributed by atoms with Gasteiger partial charge in [0, 0.05) is 24.3 Å². The molecule has 0 aromatic heterocycles. The van der Waals surface area contributed by atoms with Crippen LogP contribution in [0.5, 0.6) is 0 Å². The molecule has 0 saturated heterocycles. The second kappa shape index (κ2) is 5.42. The Bertz CT molecular complexity index is 438. The third kappa shape index (κ3) is 3.03. The van der Waals surface area contributed by atoms with Crippen molar-refractivity contribution >= 4 is 17.3 Å². The summed E-state index contributed by atoms with van der Waals surface area (Å²) in [6, 6.07) is 6.65. The van der Waals surface area contributed by atoms with Crippen LogP contribution in [-0.4, -0.2) is 11.9 Å². The molecule has 1 unspecified atom stereocenters. The number of amides is 1. The van der Waals surface area contributed by atoms with Gasteiger partial charge in [0.25, 0.3) is 0 Å². The molecule has 2 N–H and O–H groups in total. The van der Waals surface area contributed by atoms with Gasteiger partial charge in [0.15, 0.2) is 0 Å². The van der Waals surface area contributed by atoms with Gasteiger partial charge in [0.05, 0.1) is 0 Å². The fourth-order valence-electron chi connectivity index (χ4n) is 2.36. The van der Waals surface area contributed by atoms with Crippen LogP contribution in [0, 0.1) is 12.8 Å². The maximum absolute atomic E-state index is 11.1. The molecule has 1 aromatic rings. The molecule has 1 atom stereocenters. The normalized spacial score (nSPS) is 16.8. The lowest BCUT2D eigenvalue weighted by atomic mass is 9.80. The summed E-state index contributed by atoms with van der Waals surface area (Å²) in [6.07, 6.45) is 4.03. The molecule has 18 heavy (non-hydrogen) atoms. The third-order valence-corrected chi connectivity index (χ3v) is 3.80. The minimum Gasteiger partial charge on any atom is -0.382 e. The van der Waals surface area contributed by atoms with Crippen LogP contribution < -0.4 is 10.6 Å². The van der Waals surface area contributed by atoms with Crippen LogP contribution in [0.2, 0.25) is 0 Å². The number of aryl methyl sites for hydroxylation is 1. The third-order valence-electron chi connectivity index (χ3n) is 3.80. The predicted octanol–water partition coefficient (Wildman–Crippen LogP) is 3.55. The van der Waals surface area contributed by atoms with Crippen LogP contribution in [-0.2, 0) is 4.79 Å². The molecule has 98 valence electrons. The highest BCUT2D eigenvalue weighted by Crippen LogP contribution is 2.31.